The highest BCUT2D eigenvalue weighted by Crippen LogP contribution is 2.35. The van der Waals surface area contributed by atoms with Gasteiger partial charge in [0.15, 0.2) is 0 Å². The summed E-state index contributed by atoms with van der Waals surface area (Å²) in [6, 6.07) is -1.13. The molecular weight excluding hydrogens is 241 g/mol. The zero-order valence-corrected chi connectivity index (χ0v) is 9.22. The van der Waals surface area contributed by atoms with Crippen LogP contribution in [0.1, 0.15) is 20.3 Å². The molecule has 8 heteroatoms. The van der Waals surface area contributed by atoms with Crippen LogP contribution in [0.2, 0.25) is 0 Å². The topological polar surface area (TPSA) is 66.5 Å². The average Bonchev–Trinajstić information content (AvgIpc) is 2.35. The summed E-state index contributed by atoms with van der Waals surface area (Å²) in [6.45, 7) is 1.48. The second-order valence-electron chi connectivity index (χ2n) is 3.96. The van der Waals surface area contributed by atoms with E-state index in [0.29, 0.717) is 11.8 Å². The van der Waals surface area contributed by atoms with E-state index in [1.54, 1.807) is 5.32 Å². The van der Waals surface area contributed by atoms with Crippen LogP contribution in [0.4, 0.5) is 18.0 Å². The molecule has 0 aromatic carbocycles. The van der Waals surface area contributed by atoms with Crippen molar-refractivity contribution in [3.63, 3.8) is 0 Å². The first-order valence-electron chi connectivity index (χ1n) is 4.80. The van der Waals surface area contributed by atoms with Gasteiger partial charge in [-0.1, -0.05) is 0 Å². The number of ketones is 1. The van der Waals surface area contributed by atoms with Crippen LogP contribution in [-0.2, 0) is 9.59 Å². The highest BCUT2D eigenvalue weighted by atomic mass is 19.4. The number of carbonyl (C=O) groups is 3. The van der Waals surface area contributed by atoms with Crippen molar-refractivity contribution in [2.75, 3.05) is 6.54 Å². The third-order valence-electron chi connectivity index (χ3n) is 2.53. The number of carbonyl (C=O) groups excluding carboxylic acids is 3. The maximum atomic E-state index is 12.6. The van der Waals surface area contributed by atoms with Gasteiger partial charge in [0.25, 0.3) is 5.91 Å². The van der Waals surface area contributed by atoms with Crippen molar-refractivity contribution in [3.8, 4) is 0 Å². The predicted molar refractivity (Wildman–Crippen MR) is 50.0 cm³/mol. The van der Waals surface area contributed by atoms with Crippen LogP contribution in [0.3, 0.4) is 0 Å². The van der Waals surface area contributed by atoms with Crippen molar-refractivity contribution in [2.24, 2.45) is 0 Å². The van der Waals surface area contributed by atoms with E-state index < -0.39 is 23.7 Å². The number of amides is 3. The van der Waals surface area contributed by atoms with Gasteiger partial charge in [-0.3, -0.25) is 14.5 Å². The number of halogens is 3. The number of rotatable bonds is 3. The first-order chi connectivity index (χ1) is 7.59. The lowest BCUT2D eigenvalue weighted by Crippen LogP contribution is -2.56. The molecule has 1 unspecified atom stereocenters. The third-order valence-corrected chi connectivity index (χ3v) is 2.53. The first kappa shape index (κ1) is 13.5. The SMILES string of the molecule is CC(=O)CCN1C(=O)NC(C)(C(F)(F)F)C1=O. The summed E-state index contributed by atoms with van der Waals surface area (Å²) in [5.41, 5.74) is -2.90. The van der Waals surface area contributed by atoms with Gasteiger partial charge >= 0.3 is 12.2 Å². The highest BCUT2D eigenvalue weighted by Gasteiger charge is 2.64. The number of imide groups is 1. The molecule has 1 aliphatic heterocycles. The van der Waals surface area contributed by atoms with Gasteiger partial charge in [0.05, 0.1) is 0 Å². The molecule has 0 radical (unpaired) electrons. The summed E-state index contributed by atoms with van der Waals surface area (Å²) in [6.07, 6.45) is -5.03. The molecule has 1 atom stereocenters. The van der Waals surface area contributed by atoms with Crippen molar-refractivity contribution in [1.82, 2.24) is 10.2 Å². The molecule has 0 aromatic rings. The molecule has 0 saturated carbocycles. The van der Waals surface area contributed by atoms with Gasteiger partial charge in [-0.05, 0) is 13.8 Å². The molecule has 17 heavy (non-hydrogen) atoms. The fourth-order valence-electron chi connectivity index (χ4n) is 1.36. The molecule has 1 saturated heterocycles. The number of nitrogens with one attached hydrogen (secondary N) is 1. The lowest BCUT2D eigenvalue weighted by Gasteiger charge is -2.24. The van der Waals surface area contributed by atoms with Gasteiger partial charge in [0.1, 0.15) is 5.78 Å². The van der Waals surface area contributed by atoms with Crippen LogP contribution in [0.15, 0.2) is 0 Å². The van der Waals surface area contributed by atoms with E-state index in [4.69, 9.17) is 0 Å². The fourth-order valence-corrected chi connectivity index (χ4v) is 1.36. The van der Waals surface area contributed by atoms with Crippen LogP contribution in [0.25, 0.3) is 0 Å². The summed E-state index contributed by atoms with van der Waals surface area (Å²) < 4.78 is 37.8. The predicted octanol–water partition coefficient (Wildman–Crippen LogP) is 0.838. The number of nitrogens with zero attached hydrogens (tertiary/aromatic N) is 1. The molecule has 1 heterocycles. The Hall–Kier alpha value is -1.60. The minimum absolute atomic E-state index is 0.160. The Morgan fingerprint density at radius 3 is 2.29 bits per heavy atom. The molecule has 5 nitrogen and oxygen atoms in total. The summed E-state index contributed by atoms with van der Waals surface area (Å²) >= 11 is 0. The average molecular weight is 252 g/mol. The van der Waals surface area contributed by atoms with Gasteiger partial charge in [0.2, 0.25) is 5.54 Å². The Morgan fingerprint density at radius 2 is 1.94 bits per heavy atom. The maximum Gasteiger partial charge on any atom is 0.420 e. The van der Waals surface area contributed by atoms with Crippen LogP contribution in [-0.4, -0.2) is 40.9 Å². The Labute approximate surface area is 94.9 Å². The largest absolute Gasteiger partial charge is 0.420 e. The van der Waals surface area contributed by atoms with Crippen LogP contribution < -0.4 is 5.32 Å². The molecular formula is C9H11F3N2O3. The molecule has 1 aliphatic rings. The van der Waals surface area contributed by atoms with E-state index in [-0.39, 0.29) is 18.7 Å². The van der Waals surface area contributed by atoms with Gasteiger partial charge in [0, 0.05) is 13.0 Å². The van der Waals surface area contributed by atoms with Crippen molar-refractivity contribution in [1.29, 1.82) is 0 Å². The molecule has 0 bridgehead atoms. The molecule has 1 rings (SSSR count). The summed E-state index contributed by atoms with van der Waals surface area (Å²) in [4.78, 5) is 33.8. The summed E-state index contributed by atoms with van der Waals surface area (Å²) in [5.74, 6) is -1.69. The third kappa shape index (κ3) is 2.25. The van der Waals surface area contributed by atoms with Crippen LogP contribution in [0.5, 0.6) is 0 Å². The van der Waals surface area contributed by atoms with Crippen molar-refractivity contribution >= 4 is 17.7 Å². The number of Topliss-reactive ketones (excluding diaryl/α,β-unsaturated/α-hetero) is 1. The molecule has 1 N–H and O–H groups in total. The second kappa shape index (κ2) is 4.01. The van der Waals surface area contributed by atoms with Gasteiger partial charge < -0.3 is 5.32 Å². The first-order valence-corrected chi connectivity index (χ1v) is 4.80. The maximum absolute atomic E-state index is 12.6. The summed E-state index contributed by atoms with van der Waals surface area (Å²) in [5, 5.41) is 1.59. The lowest BCUT2D eigenvalue weighted by molar-refractivity contribution is -0.191. The molecule has 1 fully saturated rings. The van der Waals surface area contributed by atoms with Gasteiger partial charge in [-0.2, -0.15) is 13.2 Å². The summed E-state index contributed by atoms with van der Waals surface area (Å²) in [7, 11) is 0. The Morgan fingerprint density at radius 1 is 1.41 bits per heavy atom. The zero-order chi connectivity index (χ0) is 13.4. The fraction of sp³-hybridized carbons (Fsp3) is 0.667. The molecule has 0 aromatic heterocycles. The van der Waals surface area contributed by atoms with E-state index >= 15 is 0 Å². The lowest BCUT2D eigenvalue weighted by atomic mass is 10.0. The minimum Gasteiger partial charge on any atom is -0.316 e. The molecule has 0 aliphatic carbocycles. The van der Waals surface area contributed by atoms with E-state index in [1.807, 2.05) is 0 Å². The number of hydrogen-bond acceptors (Lipinski definition) is 3. The number of alkyl halides is 3. The Balaban J connectivity index is 2.89. The number of hydrogen-bond donors (Lipinski definition) is 1. The van der Waals surface area contributed by atoms with Crippen LogP contribution >= 0.6 is 0 Å². The monoisotopic (exact) mass is 252 g/mol. The normalized spacial score (nSPS) is 25.1. The molecule has 96 valence electrons. The van der Waals surface area contributed by atoms with E-state index in [1.165, 1.54) is 6.92 Å². The minimum atomic E-state index is -4.87. The van der Waals surface area contributed by atoms with E-state index in [2.05, 4.69) is 0 Å². The quantitative estimate of drug-likeness (QED) is 0.757. The van der Waals surface area contributed by atoms with Crippen molar-refractivity contribution in [2.45, 2.75) is 32.0 Å². The van der Waals surface area contributed by atoms with Gasteiger partial charge in [-0.25, -0.2) is 4.79 Å². The van der Waals surface area contributed by atoms with Crippen molar-refractivity contribution in [3.05, 3.63) is 0 Å². The zero-order valence-electron chi connectivity index (χ0n) is 9.22. The highest BCUT2D eigenvalue weighted by molar-refractivity contribution is 6.07. The van der Waals surface area contributed by atoms with Crippen molar-refractivity contribution < 1.29 is 27.6 Å². The molecule has 3 amide bonds. The second-order valence-corrected chi connectivity index (χ2v) is 3.96. The van der Waals surface area contributed by atoms with E-state index in [9.17, 15) is 27.6 Å². The molecule has 0 spiro atoms. The number of urea groups is 1. The van der Waals surface area contributed by atoms with Crippen LogP contribution in [0, 0.1) is 0 Å². The Kier molecular flexibility index (Phi) is 3.17. The smallest absolute Gasteiger partial charge is 0.316 e. The standard InChI is InChI=1S/C9H11F3N2O3/c1-5(15)3-4-14-6(16)8(2,9(10,11)12)13-7(14)17/h3-4H2,1-2H3,(H,13,17). The van der Waals surface area contributed by atoms with Gasteiger partial charge in [-0.15, -0.1) is 0 Å². The van der Waals surface area contributed by atoms with E-state index in [0.717, 1.165) is 0 Å². The Bertz CT molecular complexity index is 380.